The fraction of sp³-hybridized carbons (Fsp3) is 0.250. The first-order chi connectivity index (χ1) is 9.52. The lowest BCUT2D eigenvalue weighted by Gasteiger charge is -2.17. The first kappa shape index (κ1) is 13.3. The molecule has 0 bridgehead atoms. The highest BCUT2D eigenvalue weighted by atomic mass is 79.9. The molecule has 20 heavy (non-hydrogen) atoms. The van der Waals surface area contributed by atoms with Gasteiger partial charge in [-0.25, -0.2) is 4.68 Å². The first-order valence-electron chi connectivity index (χ1n) is 6.59. The number of hydrogen-bond acceptors (Lipinski definition) is 2. The molecular formula is C16H16BrN3. The van der Waals surface area contributed by atoms with E-state index in [-0.39, 0.29) is 0 Å². The maximum Gasteiger partial charge on any atom is 0.113 e. The number of benzene rings is 2. The number of aromatic nitrogens is 3. The van der Waals surface area contributed by atoms with Crippen LogP contribution in [0.3, 0.4) is 0 Å². The maximum atomic E-state index is 4.35. The Kier molecular flexibility index (Phi) is 3.13. The van der Waals surface area contributed by atoms with Crippen LogP contribution < -0.4 is 0 Å². The van der Waals surface area contributed by atoms with Gasteiger partial charge in [0, 0.05) is 4.47 Å². The van der Waals surface area contributed by atoms with E-state index in [9.17, 15) is 0 Å². The van der Waals surface area contributed by atoms with Gasteiger partial charge < -0.3 is 0 Å². The van der Waals surface area contributed by atoms with Crippen LogP contribution in [0.2, 0.25) is 0 Å². The van der Waals surface area contributed by atoms with Gasteiger partial charge >= 0.3 is 0 Å². The molecule has 2 aromatic carbocycles. The lowest BCUT2D eigenvalue weighted by Crippen LogP contribution is -2.06. The molecular weight excluding hydrogens is 314 g/mol. The van der Waals surface area contributed by atoms with Crippen molar-refractivity contribution < 1.29 is 0 Å². The first-order valence-corrected chi connectivity index (χ1v) is 7.38. The van der Waals surface area contributed by atoms with Crippen LogP contribution in [0.4, 0.5) is 0 Å². The van der Waals surface area contributed by atoms with E-state index >= 15 is 0 Å². The van der Waals surface area contributed by atoms with E-state index in [1.807, 2.05) is 22.9 Å². The Bertz CT molecular complexity index is 789. The van der Waals surface area contributed by atoms with Crippen molar-refractivity contribution in [3.8, 4) is 5.69 Å². The minimum Gasteiger partial charge on any atom is -0.212 e. The summed E-state index contributed by atoms with van der Waals surface area (Å²) in [5, 5.41) is 8.61. The van der Waals surface area contributed by atoms with Crippen molar-refractivity contribution in [2.45, 2.75) is 27.7 Å². The maximum absolute atomic E-state index is 4.35. The van der Waals surface area contributed by atoms with Gasteiger partial charge in [-0.3, -0.25) is 0 Å². The number of para-hydroxylation sites is 1. The molecule has 0 saturated carbocycles. The Balaban J connectivity index is 2.41. The molecule has 0 aliphatic heterocycles. The summed E-state index contributed by atoms with van der Waals surface area (Å²) in [6.45, 7) is 8.54. The molecule has 0 fully saturated rings. The van der Waals surface area contributed by atoms with Crippen LogP contribution in [-0.4, -0.2) is 15.0 Å². The third kappa shape index (κ3) is 1.79. The highest BCUT2D eigenvalue weighted by Crippen LogP contribution is 2.33. The van der Waals surface area contributed by atoms with Crippen molar-refractivity contribution in [2.75, 3.05) is 0 Å². The van der Waals surface area contributed by atoms with Gasteiger partial charge in [-0.1, -0.05) is 33.3 Å². The number of halogens is 1. The van der Waals surface area contributed by atoms with Crippen LogP contribution in [0, 0.1) is 27.7 Å². The molecule has 102 valence electrons. The average molecular weight is 330 g/mol. The number of rotatable bonds is 1. The quantitative estimate of drug-likeness (QED) is 0.661. The highest BCUT2D eigenvalue weighted by molar-refractivity contribution is 9.10. The minimum absolute atomic E-state index is 0.921. The third-order valence-electron chi connectivity index (χ3n) is 4.06. The summed E-state index contributed by atoms with van der Waals surface area (Å²) in [5.41, 5.74) is 8.07. The second kappa shape index (κ2) is 4.70. The highest BCUT2D eigenvalue weighted by Gasteiger charge is 2.17. The molecule has 0 spiro atoms. The number of fused-ring (bicyclic) bond motifs is 1. The monoisotopic (exact) mass is 329 g/mol. The van der Waals surface area contributed by atoms with Crippen LogP contribution in [0.15, 0.2) is 28.7 Å². The lowest BCUT2D eigenvalue weighted by molar-refractivity contribution is 0.810. The number of hydrogen-bond donors (Lipinski definition) is 0. The van der Waals surface area contributed by atoms with Gasteiger partial charge in [-0.05, 0) is 62.1 Å². The zero-order valence-corrected chi connectivity index (χ0v) is 13.6. The van der Waals surface area contributed by atoms with Crippen molar-refractivity contribution in [1.82, 2.24) is 15.0 Å². The molecule has 1 aromatic heterocycles. The SMILES string of the molecule is Cc1c(C)c(-n2nnc3ccccc32)c(C)c(C)c1Br. The number of nitrogens with zero attached hydrogens (tertiary/aromatic N) is 3. The Morgan fingerprint density at radius 1 is 0.900 bits per heavy atom. The summed E-state index contributed by atoms with van der Waals surface area (Å²) < 4.78 is 3.13. The van der Waals surface area contributed by atoms with Gasteiger partial charge in [0.25, 0.3) is 0 Å². The van der Waals surface area contributed by atoms with E-state index in [0.29, 0.717) is 0 Å². The normalized spacial score (nSPS) is 11.2. The smallest absolute Gasteiger partial charge is 0.113 e. The molecule has 0 unspecified atom stereocenters. The summed E-state index contributed by atoms with van der Waals surface area (Å²) in [7, 11) is 0. The van der Waals surface area contributed by atoms with Crippen LogP contribution in [0.1, 0.15) is 22.3 Å². The fourth-order valence-electron chi connectivity index (χ4n) is 2.60. The molecule has 0 radical (unpaired) electrons. The zero-order valence-electron chi connectivity index (χ0n) is 12.0. The van der Waals surface area contributed by atoms with Crippen molar-refractivity contribution >= 4 is 27.0 Å². The molecule has 0 atom stereocenters. The van der Waals surface area contributed by atoms with Crippen molar-refractivity contribution in [3.63, 3.8) is 0 Å². The van der Waals surface area contributed by atoms with Gasteiger partial charge in [0.2, 0.25) is 0 Å². The van der Waals surface area contributed by atoms with Crippen molar-refractivity contribution in [3.05, 3.63) is 51.0 Å². The predicted octanol–water partition coefficient (Wildman–Crippen LogP) is 4.42. The molecule has 3 aromatic rings. The van der Waals surface area contributed by atoms with E-state index in [0.717, 1.165) is 16.7 Å². The van der Waals surface area contributed by atoms with Crippen molar-refractivity contribution in [1.29, 1.82) is 0 Å². The van der Waals surface area contributed by atoms with E-state index in [1.54, 1.807) is 0 Å². The predicted molar refractivity (Wildman–Crippen MR) is 85.5 cm³/mol. The van der Waals surface area contributed by atoms with Crippen LogP contribution in [0.25, 0.3) is 16.7 Å². The molecule has 0 aliphatic carbocycles. The van der Waals surface area contributed by atoms with Crippen molar-refractivity contribution in [2.24, 2.45) is 0 Å². The van der Waals surface area contributed by atoms with Crippen LogP contribution >= 0.6 is 15.9 Å². The molecule has 0 aliphatic rings. The summed E-state index contributed by atoms with van der Waals surface area (Å²) in [5.74, 6) is 0. The topological polar surface area (TPSA) is 30.7 Å². The van der Waals surface area contributed by atoms with E-state index in [1.165, 1.54) is 26.7 Å². The summed E-state index contributed by atoms with van der Waals surface area (Å²) in [6.07, 6.45) is 0. The van der Waals surface area contributed by atoms with Gasteiger partial charge in [0.05, 0.1) is 11.2 Å². The molecule has 0 saturated heterocycles. The van der Waals surface area contributed by atoms with E-state index in [2.05, 4.69) is 60.0 Å². The fourth-order valence-corrected chi connectivity index (χ4v) is 3.19. The molecule has 3 rings (SSSR count). The Morgan fingerprint density at radius 2 is 1.50 bits per heavy atom. The van der Waals surface area contributed by atoms with E-state index in [4.69, 9.17) is 0 Å². The van der Waals surface area contributed by atoms with E-state index < -0.39 is 0 Å². The molecule has 3 nitrogen and oxygen atoms in total. The van der Waals surface area contributed by atoms with Gasteiger partial charge in [-0.2, -0.15) is 0 Å². The standard InChI is InChI=1S/C16H16BrN3/c1-9-11(3)16(12(4)10(2)15(9)17)20-14-8-6-5-7-13(14)18-19-20/h5-8H,1-4H3. The zero-order chi connectivity index (χ0) is 14.4. The van der Waals surface area contributed by atoms with Gasteiger partial charge in [0.15, 0.2) is 0 Å². The Hall–Kier alpha value is -1.68. The molecule has 4 heteroatoms. The third-order valence-corrected chi connectivity index (χ3v) is 5.25. The molecule has 0 N–H and O–H groups in total. The summed E-state index contributed by atoms with van der Waals surface area (Å²) in [4.78, 5) is 0. The average Bonchev–Trinajstić information content (AvgIpc) is 2.87. The lowest BCUT2D eigenvalue weighted by atomic mass is 9.98. The van der Waals surface area contributed by atoms with Crippen LogP contribution in [-0.2, 0) is 0 Å². The Morgan fingerprint density at radius 3 is 2.15 bits per heavy atom. The molecule has 0 amide bonds. The van der Waals surface area contributed by atoms with Gasteiger partial charge in [-0.15, -0.1) is 5.10 Å². The molecule has 1 heterocycles. The summed E-state index contributed by atoms with van der Waals surface area (Å²) >= 11 is 3.68. The second-order valence-corrected chi connectivity index (χ2v) is 5.95. The minimum atomic E-state index is 0.921. The largest absolute Gasteiger partial charge is 0.212 e. The summed E-state index contributed by atoms with van der Waals surface area (Å²) in [6, 6.07) is 8.05. The van der Waals surface area contributed by atoms with Gasteiger partial charge in [0.1, 0.15) is 5.52 Å². The second-order valence-electron chi connectivity index (χ2n) is 5.15. The van der Waals surface area contributed by atoms with Crippen LogP contribution in [0.5, 0.6) is 0 Å². The Labute approximate surface area is 126 Å².